The van der Waals surface area contributed by atoms with Crippen LogP contribution < -0.4 is 20.7 Å². The van der Waals surface area contributed by atoms with Crippen molar-refractivity contribution in [3.8, 4) is 5.75 Å². The molecule has 0 saturated heterocycles. The molecule has 0 fully saturated rings. The summed E-state index contributed by atoms with van der Waals surface area (Å²) in [5.74, 6) is -1.11. The maximum atomic E-state index is 13.8. The number of nitrogens with one attached hydrogen (secondary N) is 3. The number of rotatable bonds is 13. The van der Waals surface area contributed by atoms with Gasteiger partial charge in [0.05, 0.1) is 15.6 Å². The Bertz CT molecular complexity index is 1620. The number of carbonyl (C=O) groups is 3. The third-order valence-electron chi connectivity index (χ3n) is 6.86. The molecule has 0 bridgehead atoms. The molecule has 0 unspecified atom stereocenters. The Morgan fingerprint density at radius 3 is 2.02 bits per heavy atom. The molecule has 0 aliphatic rings. The Hall–Kier alpha value is -4.04. The summed E-state index contributed by atoms with van der Waals surface area (Å²) in [6.07, 6.45) is 0.540. The van der Waals surface area contributed by atoms with Crippen molar-refractivity contribution in [1.82, 2.24) is 10.6 Å². The van der Waals surface area contributed by atoms with Gasteiger partial charge in [0, 0.05) is 17.1 Å². The number of halogens is 3. The standard InChI is InChI=1S/C35H34Cl3N3O4/c1-22(2)17-30(40-33(42)27-19-25(36)13-16-32(27)45-21-24-11-7-4-8-12-24)35(44)41-31(18-23-9-5-3-6-10-23)34(43)39-26-14-15-28(37)29(38)20-26/h3-16,19-20,22,30-31H,17-18,21H2,1-2H3,(H,39,43)(H,40,42)(H,41,44)/t30-,31-/m0/s1. The number of benzene rings is 4. The monoisotopic (exact) mass is 665 g/mol. The largest absolute Gasteiger partial charge is 0.488 e. The summed E-state index contributed by atoms with van der Waals surface area (Å²) in [5, 5.41) is 9.50. The van der Waals surface area contributed by atoms with Gasteiger partial charge < -0.3 is 20.7 Å². The van der Waals surface area contributed by atoms with Gasteiger partial charge in [0.25, 0.3) is 5.91 Å². The fourth-order valence-corrected chi connectivity index (χ4v) is 5.08. The van der Waals surface area contributed by atoms with Crippen LogP contribution in [-0.2, 0) is 22.6 Å². The van der Waals surface area contributed by atoms with E-state index in [1.807, 2.05) is 74.5 Å². The van der Waals surface area contributed by atoms with Crippen LogP contribution in [0.15, 0.2) is 97.1 Å². The molecule has 0 aromatic heterocycles. The molecule has 0 saturated carbocycles. The maximum absolute atomic E-state index is 13.8. The highest BCUT2D eigenvalue weighted by Crippen LogP contribution is 2.26. The third kappa shape index (κ3) is 10.2. The molecule has 45 heavy (non-hydrogen) atoms. The quantitative estimate of drug-likeness (QED) is 0.136. The third-order valence-corrected chi connectivity index (χ3v) is 7.83. The summed E-state index contributed by atoms with van der Waals surface area (Å²) in [6.45, 7) is 4.13. The zero-order chi connectivity index (χ0) is 32.3. The van der Waals surface area contributed by atoms with Crippen molar-refractivity contribution in [3.05, 3.63) is 129 Å². The molecule has 0 heterocycles. The first-order valence-electron chi connectivity index (χ1n) is 14.5. The average Bonchev–Trinajstić information content (AvgIpc) is 3.02. The lowest BCUT2D eigenvalue weighted by Crippen LogP contribution is -2.53. The smallest absolute Gasteiger partial charge is 0.255 e. The predicted molar refractivity (Wildman–Crippen MR) is 180 cm³/mol. The predicted octanol–water partition coefficient (Wildman–Crippen LogP) is 7.74. The van der Waals surface area contributed by atoms with Gasteiger partial charge in [0.2, 0.25) is 11.8 Å². The fourth-order valence-electron chi connectivity index (χ4n) is 4.61. The van der Waals surface area contributed by atoms with Crippen molar-refractivity contribution in [3.63, 3.8) is 0 Å². The van der Waals surface area contributed by atoms with Crippen LogP contribution in [0.1, 0.15) is 41.8 Å². The fraction of sp³-hybridized carbons (Fsp3) is 0.229. The van der Waals surface area contributed by atoms with Crippen LogP contribution in [0, 0.1) is 5.92 Å². The van der Waals surface area contributed by atoms with Crippen LogP contribution in [0.2, 0.25) is 15.1 Å². The lowest BCUT2D eigenvalue weighted by atomic mass is 10.0. The van der Waals surface area contributed by atoms with E-state index >= 15 is 0 Å². The van der Waals surface area contributed by atoms with Crippen molar-refractivity contribution in [2.75, 3.05) is 5.32 Å². The van der Waals surface area contributed by atoms with Crippen LogP contribution in [0.5, 0.6) is 5.75 Å². The number of hydrogen-bond donors (Lipinski definition) is 3. The number of ether oxygens (including phenoxy) is 1. The van der Waals surface area contributed by atoms with Crippen LogP contribution in [-0.4, -0.2) is 29.8 Å². The highest BCUT2D eigenvalue weighted by molar-refractivity contribution is 6.42. The topological polar surface area (TPSA) is 96.5 Å². The first-order valence-corrected chi connectivity index (χ1v) is 15.6. The molecular formula is C35H34Cl3N3O4. The number of carbonyl (C=O) groups excluding carboxylic acids is 3. The molecule has 4 aromatic rings. The molecule has 7 nitrogen and oxygen atoms in total. The van der Waals surface area contributed by atoms with Crippen LogP contribution in [0.4, 0.5) is 5.69 Å². The van der Waals surface area contributed by atoms with Gasteiger partial charge in [0.1, 0.15) is 24.4 Å². The average molecular weight is 667 g/mol. The Morgan fingerprint density at radius 2 is 1.38 bits per heavy atom. The van der Waals surface area contributed by atoms with E-state index in [2.05, 4.69) is 16.0 Å². The zero-order valence-corrected chi connectivity index (χ0v) is 27.1. The molecule has 0 spiro atoms. The minimum Gasteiger partial charge on any atom is -0.488 e. The first-order chi connectivity index (χ1) is 21.6. The van der Waals surface area contributed by atoms with Crippen molar-refractivity contribution >= 4 is 58.2 Å². The lowest BCUT2D eigenvalue weighted by molar-refractivity contribution is -0.128. The maximum Gasteiger partial charge on any atom is 0.255 e. The summed E-state index contributed by atoms with van der Waals surface area (Å²) >= 11 is 18.4. The Labute approximate surface area is 278 Å². The second-order valence-corrected chi connectivity index (χ2v) is 12.2. The van der Waals surface area contributed by atoms with Crippen LogP contribution in [0.25, 0.3) is 0 Å². The molecule has 4 rings (SSSR count). The second-order valence-electron chi connectivity index (χ2n) is 10.9. The van der Waals surface area contributed by atoms with Crippen molar-refractivity contribution < 1.29 is 19.1 Å². The Balaban J connectivity index is 1.53. The van der Waals surface area contributed by atoms with Gasteiger partial charge in [-0.25, -0.2) is 0 Å². The Morgan fingerprint density at radius 1 is 0.711 bits per heavy atom. The summed E-state index contributed by atoms with van der Waals surface area (Å²) in [7, 11) is 0. The molecule has 234 valence electrons. The van der Waals surface area contributed by atoms with E-state index in [-0.39, 0.29) is 29.5 Å². The van der Waals surface area contributed by atoms with Gasteiger partial charge in [-0.05, 0) is 59.9 Å². The Kier molecular flexibility index (Phi) is 12.3. The van der Waals surface area contributed by atoms with Gasteiger partial charge in [-0.3, -0.25) is 14.4 Å². The number of amides is 3. The van der Waals surface area contributed by atoms with E-state index in [0.29, 0.717) is 27.9 Å². The van der Waals surface area contributed by atoms with Crippen molar-refractivity contribution in [2.24, 2.45) is 5.92 Å². The van der Waals surface area contributed by atoms with Gasteiger partial charge in [-0.15, -0.1) is 0 Å². The lowest BCUT2D eigenvalue weighted by Gasteiger charge is -2.25. The van der Waals surface area contributed by atoms with Crippen molar-refractivity contribution in [1.29, 1.82) is 0 Å². The van der Waals surface area contributed by atoms with Gasteiger partial charge >= 0.3 is 0 Å². The molecule has 0 aliphatic carbocycles. The van der Waals surface area contributed by atoms with E-state index in [1.165, 1.54) is 12.1 Å². The van der Waals surface area contributed by atoms with E-state index < -0.39 is 29.8 Å². The number of anilines is 1. The van der Waals surface area contributed by atoms with Crippen molar-refractivity contribution in [2.45, 2.75) is 45.4 Å². The normalized spacial score (nSPS) is 12.2. The summed E-state index contributed by atoms with van der Waals surface area (Å²) in [6, 6.07) is 26.5. The van der Waals surface area contributed by atoms with E-state index in [0.717, 1.165) is 11.1 Å². The molecule has 0 aliphatic heterocycles. The molecular weight excluding hydrogens is 633 g/mol. The van der Waals surface area contributed by atoms with E-state index in [4.69, 9.17) is 39.5 Å². The molecule has 3 amide bonds. The molecule has 2 atom stereocenters. The zero-order valence-electron chi connectivity index (χ0n) is 24.9. The number of hydrogen-bond acceptors (Lipinski definition) is 4. The van der Waals surface area contributed by atoms with Gasteiger partial charge in [0.15, 0.2) is 0 Å². The molecule has 3 N–H and O–H groups in total. The molecule has 4 aromatic carbocycles. The van der Waals surface area contributed by atoms with E-state index in [1.54, 1.807) is 24.3 Å². The van der Waals surface area contributed by atoms with Gasteiger partial charge in [-0.1, -0.05) is 109 Å². The van der Waals surface area contributed by atoms with Crippen LogP contribution in [0.3, 0.4) is 0 Å². The summed E-state index contributed by atoms with van der Waals surface area (Å²) in [5.41, 5.74) is 2.39. The highest BCUT2D eigenvalue weighted by atomic mass is 35.5. The molecule has 10 heteroatoms. The minimum atomic E-state index is -0.961. The second kappa shape index (κ2) is 16.3. The van der Waals surface area contributed by atoms with Gasteiger partial charge in [-0.2, -0.15) is 0 Å². The van der Waals surface area contributed by atoms with Crippen LogP contribution >= 0.6 is 34.8 Å². The SMILES string of the molecule is CC(C)C[C@H](NC(=O)c1cc(Cl)ccc1OCc1ccccc1)C(=O)N[C@@H](Cc1ccccc1)C(=O)Nc1ccc(Cl)c(Cl)c1. The van der Waals surface area contributed by atoms with E-state index in [9.17, 15) is 14.4 Å². The summed E-state index contributed by atoms with van der Waals surface area (Å²) in [4.78, 5) is 40.9. The minimum absolute atomic E-state index is 0.0480. The molecule has 0 radical (unpaired) electrons. The first kappa shape index (κ1) is 33.8. The summed E-state index contributed by atoms with van der Waals surface area (Å²) < 4.78 is 5.97. The highest BCUT2D eigenvalue weighted by Gasteiger charge is 2.29.